The molecule has 0 saturated carbocycles. The fourth-order valence-corrected chi connectivity index (χ4v) is 4.37. The van der Waals surface area contributed by atoms with Gasteiger partial charge >= 0.3 is 0 Å². The van der Waals surface area contributed by atoms with Crippen LogP contribution in [0.4, 0.5) is 4.39 Å². The van der Waals surface area contributed by atoms with E-state index in [4.69, 9.17) is 0 Å². The third kappa shape index (κ3) is 3.54. The Morgan fingerprint density at radius 1 is 1.27 bits per heavy atom. The quantitative estimate of drug-likeness (QED) is 0.612. The predicted octanol–water partition coefficient (Wildman–Crippen LogP) is 4.27. The Morgan fingerprint density at radius 2 is 2.14 bits per heavy atom. The lowest BCUT2D eigenvalue weighted by molar-refractivity contribution is -0.132. The Hall–Kier alpha value is -1.29. The highest BCUT2D eigenvalue weighted by Crippen LogP contribution is 2.40. The zero-order chi connectivity index (χ0) is 15.4. The van der Waals surface area contributed by atoms with Gasteiger partial charge in [-0.3, -0.25) is 4.79 Å². The van der Waals surface area contributed by atoms with Crippen LogP contribution in [0.25, 0.3) is 0 Å². The SMILES string of the molecule is O=C(CSc1ccccc1F)N1CCCC2(CC=CCC2)C1. The number of halogens is 1. The van der Waals surface area contributed by atoms with Crippen LogP contribution in [0.1, 0.15) is 32.1 Å². The van der Waals surface area contributed by atoms with Crippen LogP contribution in [-0.2, 0) is 4.79 Å². The minimum Gasteiger partial charge on any atom is -0.341 e. The summed E-state index contributed by atoms with van der Waals surface area (Å²) < 4.78 is 13.6. The number of allylic oxidation sites excluding steroid dienone is 2. The summed E-state index contributed by atoms with van der Waals surface area (Å²) in [6.45, 7) is 1.72. The third-order valence-corrected chi connectivity index (χ3v) is 5.79. The Morgan fingerprint density at radius 3 is 2.91 bits per heavy atom. The van der Waals surface area contributed by atoms with Crippen LogP contribution < -0.4 is 0 Å². The van der Waals surface area contributed by atoms with Crippen molar-refractivity contribution in [3.8, 4) is 0 Å². The Bertz CT molecular complexity index is 574. The van der Waals surface area contributed by atoms with Crippen molar-refractivity contribution in [1.82, 2.24) is 4.90 Å². The van der Waals surface area contributed by atoms with Gasteiger partial charge in [-0.05, 0) is 49.7 Å². The largest absolute Gasteiger partial charge is 0.341 e. The van der Waals surface area contributed by atoms with E-state index in [1.807, 2.05) is 4.90 Å². The summed E-state index contributed by atoms with van der Waals surface area (Å²) in [5.41, 5.74) is 0.297. The first-order valence-corrected chi connectivity index (χ1v) is 8.97. The molecule has 0 N–H and O–H groups in total. The standard InChI is InChI=1S/C18H22FNOS/c19-15-7-2-3-8-16(15)22-13-17(21)20-12-6-11-18(14-20)9-4-1-5-10-18/h1-4,7-8H,5-6,9-14H2. The van der Waals surface area contributed by atoms with Gasteiger partial charge in [0, 0.05) is 18.0 Å². The van der Waals surface area contributed by atoms with Crippen molar-refractivity contribution in [2.75, 3.05) is 18.8 Å². The van der Waals surface area contributed by atoms with Crippen molar-refractivity contribution in [3.05, 3.63) is 42.2 Å². The first kappa shape index (κ1) is 15.6. The number of hydrogen-bond acceptors (Lipinski definition) is 2. The molecule has 1 aliphatic carbocycles. The van der Waals surface area contributed by atoms with Gasteiger partial charge in [0.2, 0.25) is 5.91 Å². The second-order valence-corrected chi connectivity index (χ2v) is 7.37. The molecule has 0 bridgehead atoms. The lowest BCUT2D eigenvalue weighted by atomic mass is 9.71. The zero-order valence-electron chi connectivity index (χ0n) is 12.8. The molecule has 1 aromatic rings. The van der Waals surface area contributed by atoms with Gasteiger partial charge in [-0.1, -0.05) is 24.3 Å². The van der Waals surface area contributed by atoms with E-state index in [-0.39, 0.29) is 11.7 Å². The lowest BCUT2D eigenvalue weighted by Crippen LogP contribution is -2.47. The molecule has 1 aliphatic heterocycles. The average Bonchev–Trinajstić information content (AvgIpc) is 2.54. The summed E-state index contributed by atoms with van der Waals surface area (Å²) in [7, 11) is 0. The molecular weight excluding hydrogens is 297 g/mol. The zero-order valence-corrected chi connectivity index (χ0v) is 13.6. The molecule has 118 valence electrons. The molecule has 22 heavy (non-hydrogen) atoms. The smallest absolute Gasteiger partial charge is 0.232 e. The number of hydrogen-bond donors (Lipinski definition) is 0. The van der Waals surface area contributed by atoms with Crippen molar-refractivity contribution >= 4 is 17.7 Å². The molecule has 4 heteroatoms. The summed E-state index contributed by atoms with van der Waals surface area (Å²) in [5, 5.41) is 0. The average molecular weight is 319 g/mol. The number of piperidine rings is 1. The first-order valence-electron chi connectivity index (χ1n) is 7.99. The summed E-state index contributed by atoms with van der Waals surface area (Å²) in [6.07, 6.45) is 10.2. The van der Waals surface area contributed by atoms with E-state index in [0.717, 1.165) is 32.4 Å². The van der Waals surface area contributed by atoms with Crippen LogP contribution in [0.15, 0.2) is 41.3 Å². The summed E-state index contributed by atoms with van der Waals surface area (Å²) in [5.74, 6) is 0.224. The number of carbonyl (C=O) groups excluding carboxylic acids is 1. The van der Waals surface area contributed by atoms with Crippen molar-refractivity contribution in [3.63, 3.8) is 0 Å². The van der Waals surface area contributed by atoms with E-state index >= 15 is 0 Å². The number of benzene rings is 1. The van der Waals surface area contributed by atoms with Crippen LogP contribution in [0.3, 0.4) is 0 Å². The van der Waals surface area contributed by atoms with Crippen LogP contribution in [0.2, 0.25) is 0 Å². The Balaban J connectivity index is 1.58. The van der Waals surface area contributed by atoms with Crippen molar-refractivity contribution in [2.24, 2.45) is 5.41 Å². The highest BCUT2D eigenvalue weighted by atomic mass is 32.2. The van der Waals surface area contributed by atoms with Crippen LogP contribution >= 0.6 is 11.8 Å². The van der Waals surface area contributed by atoms with Crippen LogP contribution in [0, 0.1) is 11.2 Å². The maximum atomic E-state index is 13.6. The molecule has 1 amide bonds. The van der Waals surface area contributed by atoms with E-state index in [0.29, 0.717) is 16.1 Å². The van der Waals surface area contributed by atoms with Crippen molar-refractivity contribution in [2.45, 2.75) is 37.0 Å². The van der Waals surface area contributed by atoms with E-state index in [2.05, 4.69) is 12.2 Å². The van der Waals surface area contributed by atoms with E-state index in [1.54, 1.807) is 18.2 Å². The molecule has 1 fully saturated rings. The Kier molecular flexibility index (Phi) is 4.87. The molecule has 0 radical (unpaired) electrons. The molecule has 2 aliphatic rings. The fourth-order valence-electron chi connectivity index (χ4n) is 3.53. The minimum atomic E-state index is -0.243. The second-order valence-electron chi connectivity index (χ2n) is 6.35. The van der Waals surface area contributed by atoms with E-state index in [1.165, 1.54) is 30.7 Å². The number of carbonyl (C=O) groups is 1. The number of rotatable bonds is 3. The first-order chi connectivity index (χ1) is 10.7. The number of amides is 1. The number of likely N-dealkylation sites (tertiary alicyclic amines) is 1. The summed E-state index contributed by atoms with van der Waals surface area (Å²) in [6, 6.07) is 6.65. The molecule has 1 unspecified atom stereocenters. The normalized spacial score (nSPS) is 24.7. The molecule has 2 nitrogen and oxygen atoms in total. The van der Waals surface area contributed by atoms with Crippen LogP contribution in [0.5, 0.6) is 0 Å². The molecule has 1 spiro atoms. The van der Waals surface area contributed by atoms with Gasteiger partial charge in [0.25, 0.3) is 0 Å². The van der Waals surface area contributed by atoms with Gasteiger partial charge in [0.05, 0.1) is 5.75 Å². The topological polar surface area (TPSA) is 20.3 Å². The molecule has 1 heterocycles. The highest BCUT2D eigenvalue weighted by Gasteiger charge is 2.36. The number of nitrogens with zero attached hydrogens (tertiary/aromatic N) is 1. The van der Waals surface area contributed by atoms with E-state index < -0.39 is 0 Å². The molecule has 1 aromatic carbocycles. The highest BCUT2D eigenvalue weighted by molar-refractivity contribution is 8.00. The van der Waals surface area contributed by atoms with Gasteiger partial charge in [-0.2, -0.15) is 0 Å². The van der Waals surface area contributed by atoms with E-state index in [9.17, 15) is 9.18 Å². The molecule has 1 atom stereocenters. The monoisotopic (exact) mass is 319 g/mol. The van der Waals surface area contributed by atoms with Gasteiger partial charge in [0.1, 0.15) is 5.82 Å². The maximum Gasteiger partial charge on any atom is 0.232 e. The molecule has 3 rings (SSSR count). The minimum absolute atomic E-state index is 0.141. The summed E-state index contributed by atoms with van der Waals surface area (Å²) >= 11 is 1.30. The molecule has 0 aromatic heterocycles. The Labute approximate surface area is 135 Å². The van der Waals surface area contributed by atoms with Gasteiger partial charge in [-0.15, -0.1) is 11.8 Å². The lowest BCUT2D eigenvalue weighted by Gasteiger charge is -2.44. The van der Waals surface area contributed by atoms with Gasteiger partial charge < -0.3 is 4.90 Å². The predicted molar refractivity (Wildman–Crippen MR) is 88.4 cm³/mol. The summed E-state index contributed by atoms with van der Waals surface area (Å²) in [4.78, 5) is 15.0. The third-order valence-electron chi connectivity index (χ3n) is 4.76. The van der Waals surface area contributed by atoms with Crippen molar-refractivity contribution in [1.29, 1.82) is 0 Å². The van der Waals surface area contributed by atoms with Gasteiger partial charge in [-0.25, -0.2) is 4.39 Å². The maximum absolute atomic E-state index is 13.6. The van der Waals surface area contributed by atoms with Crippen molar-refractivity contribution < 1.29 is 9.18 Å². The molecule has 1 saturated heterocycles. The molecular formula is C18H22FNOS. The fraction of sp³-hybridized carbons (Fsp3) is 0.500. The second kappa shape index (κ2) is 6.86. The van der Waals surface area contributed by atoms with Gasteiger partial charge in [0.15, 0.2) is 0 Å². The number of thioether (sulfide) groups is 1. The van der Waals surface area contributed by atoms with Crippen LogP contribution in [-0.4, -0.2) is 29.6 Å².